The lowest BCUT2D eigenvalue weighted by molar-refractivity contribution is 0.104. The summed E-state index contributed by atoms with van der Waals surface area (Å²) >= 11 is 12.1. The molecule has 0 fully saturated rings. The highest BCUT2D eigenvalue weighted by atomic mass is 35.5. The Balaban J connectivity index is 2.18. The molecule has 6 heteroatoms. The molecule has 0 saturated carbocycles. The van der Waals surface area contributed by atoms with Gasteiger partial charge in [-0.1, -0.05) is 23.2 Å². The Kier molecular flexibility index (Phi) is 3.27. The van der Waals surface area contributed by atoms with Crippen molar-refractivity contribution in [2.75, 3.05) is 11.5 Å². The fourth-order valence-corrected chi connectivity index (χ4v) is 2.92. The Labute approximate surface area is 130 Å². The number of aromatic nitrogens is 1. The smallest absolute Gasteiger partial charge is 0.195 e. The fraction of sp³-hybridized carbons (Fsp3) is 0. The second-order valence-corrected chi connectivity index (χ2v) is 5.57. The molecular weight excluding hydrogens is 309 g/mol. The Hall–Kier alpha value is -2.17. The molecular formula is C15H11Cl2N3O. The van der Waals surface area contributed by atoms with Crippen LogP contribution >= 0.6 is 23.2 Å². The normalized spacial score (nSPS) is 11.0. The molecule has 0 bridgehead atoms. The van der Waals surface area contributed by atoms with Crippen LogP contribution in [0.15, 0.2) is 36.5 Å². The van der Waals surface area contributed by atoms with E-state index < -0.39 is 0 Å². The number of carbonyl (C=O) groups excluding carboxylic acids is 1. The highest BCUT2D eigenvalue weighted by Gasteiger charge is 2.17. The maximum Gasteiger partial charge on any atom is 0.195 e. The molecule has 0 saturated heterocycles. The van der Waals surface area contributed by atoms with Crippen LogP contribution in [-0.4, -0.2) is 10.8 Å². The van der Waals surface area contributed by atoms with Gasteiger partial charge < -0.3 is 16.5 Å². The van der Waals surface area contributed by atoms with E-state index in [0.717, 1.165) is 0 Å². The van der Waals surface area contributed by atoms with Gasteiger partial charge >= 0.3 is 0 Å². The van der Waals surface area contributed by atoms with Crippen molar-refractivity contribution < 1.29 is 4.79 Å². The molecule has 1 heterocycles. The average molecular weight is 320 g/mol. The minimum absolute atomic E-state index is 0.204. The third-order valence-corrected chi connectivity index (χ3v) is 3.70. The minimum atomic E-state index is -0.204. The molecule has 0 unspecified atom stereocenters. The summed E-state index contributed by atoms with van der Waals surface area (Å²) in [7, 11) is 0. The number of rotatable bonds is 2. The van der Waals surface area contributed by atoms with Gasteiger partial charge in [-0.3, -0.25) is 4.79 Å². The van der Waals surface area contributed by atoms with Crippen LogP contribution in [0, 0.1) is 0 Å². The minimum Gasteiger partial charge on any atom is -0.399 e. The number of fused-ring (bicyclic) bond motifs is 1. The van der Waals surface area contributed by atoms with Gasteiger partial charge in [0.15, 0.2) is 5.78 Å². The number of carbonyl (C=O) groups is 1. The van der Waals surface area contributed by atoms with E-state index in [1.165, 1.54) is 0 Å². The standard InChI is InChI=1S/C15H11Cl2N3O/c16-8-3-12(17)14-11(6-20-13(14)4-8)15(21)7-1-9(18)5-10(19)2-7/h1-6,20H,18-19H2. The Morgan fingerprint density at radius 3 is 2.33 bits per heavy atom. The van der Waals surface area contributed by atoms with Gasteiger partial charge in [0.1, 0.15) is 0 Å². The molecule has 3 rings (SSSR count). The highest BCUT2D eigenvalue weighted by molar-refractivity contribution is 6.40. The van der Waals surface area contributed by atoms with E-state index in [1.54, 1.807) is 36.5 Å². The van der Waals surface area contributed by atoms with Crippen molar-refractivity contribution in [1.29, 1.82) is 0 Å². The van der Waals surface area contributed by atoms with Crippen molar-refractivity contribution in [1.82, 2.24) is 4.98 Å². The number of hydrogen-bond donors (Lipinski definition) is 3. The van der Waals surface area contributed by atoms with Crippen molar-refractivity contribution in [3.05, 3.63) is 57.7 Å². The highest BCUT2D eigenvalue weighted by Crippen LogP contribution is 2.31. The predicted octanol–water partition coefficient (Wildman–Crippen LogP) is 3.87. The Morgan fingerprint density at radius 1 is 1.00 bits per heavy atom. The van der Waals surface area contributed by atoms with Gasteiger partial charge in [0.25, 0.3) is 0 Å². The van der Waals surface area contributed by atoms with Gasteiger partial charge in [-0.2, -0.15) is 0 Å². The predicted molar refractivity (Wildman–Crippen MR) is 87.0 cm³/mol. The molecule has 0 atom stereocenters. The first-order chi connectivity index (χ1) is 9.95. The number of anilines is 2. The molecule has 0 aliphatic carbocycles. The molecule has 106 valence electrons. The summed E-state index contributed by atoms with van der Waals surface area (Å²) < 4.78 is 0. The zero-order valence-electron chi connectivity index (χ0n) is 10.8. The number of hydrogen-bond acceptors (Lipinski definition) is 3. The van der Waals surface area contributed by atoms with Gasteiger partial charge in [0.2, 0.25) is 0 Å². The summed E-state index contributed by atoms with van der Waals surface area (Å²) in [5.41, 5.74) is 13.9. The van der Waals surface area contributed by atoms with E-state index in [1.807, 2.05) is 0 Å². The summed E-state index contributed by atoms with van der Waals surface area (Å²) in [6, 6.07) is 8.08. The zero-order chi connectivity index (χ0) is 15.1. The summed E-state index contributed by atoms with van der Waals surface area (Å²) in [5, 5.41) is 1.55. The zero-order valence-corrected chi connectivity index (χ0v) is 12.3. The lowest BCUT2D eigenvalue weighted by atomic mass is 10.0. The lowest BCUT2D eigenvalue weighted by Crippen LogP contribution is -2.03. The average Bonchev–Trinajstić information content (AvgIpc) is 2.80. The van der Waals surface area contributed by atoms with Crippen LogP contribution < -0.4 is 11.5 Å². The van der Waals surface area contributed by atoms with Gasteiger partial charge in [-0.25, -0.2) is 0 Å². The van der Waals surface area contributed by atoms with Crippen molar-refractivity contribution in [2.45, 2.75) is 0 Å². The number of halogens is 2. The molecule has 0 amide bonds. The topological polar surface area (TPSA) is 84.9 Å². The third kappa shape index (κ3) is 2.44. The third-order valence-electron chi connectivity index (χ3n) is 3.18. The van der Waals surface area contributed by atoms with Crippen molar-refractivity contribution in [2.24, 2.45) is 0 Å². The summed E-state index contributed by atoms with van der Waals surface area (Å²) in [5.74, 6) is -0.204. The van der Waals surface area contributed by atoms with E-state index >= 15 is 0 Å². The van der Waals surface area contributed by atoms with Crippen LogP contribution in [0.25, 0.3) is 10.9 Å². The van der Waals surface area contributed by atoms with Gasteiger partial charge in [-0.05, 0) is 30.3 Å². The molecule has 0 aliphatic rings. The molecule has 0 aliphatic heterocycles. The number of nitrogens with two attached hydrogens (primary N) is 2. The first kappa shape index (κ1) is 13.8. The van der Waals surface area contributed by atoms with E-state index in [-0.39, 0.29) is 5.78 Å². The first-order valence-corrected chi connectivity index (χ1v) is 6.88. The molecule has 2 aromatic carbocycles. The number of nitrogens with one attached hydrogen (secondary N) is 1. The van der Waals surface area contributed by atoms with Gasteiger partial charge in [0, 0.05) is 44.6 Å². The summed E-state index contributed by atoms with van der Waals surface area (Å²) in [4.78, 5) is 15.6. The molecule has 21 heavy (non-hydrogen) atoms. The second-order valence-electron chi connectivity index (χ2n) is 4.73. The fourth-order valence-electron chi connectivity index (χ4n) is 2.33. The molecule has 4 nitrogen and oxygen atoms in total. The van der Waals surface area contributed by atoms with E-state index in [2.05, 4.69) is 4.98 Å². The number of nitrogen functional groups attached to an aromatic ring is 2. The quantitative estimate of drug-likeness (QED) is 0.495. The number of aromatic amines is 1. The van der Waals surface area contributed by atoms with Crippen LogP contribution in [0.3, 0.4) is 0 Å². The van der Waals surface area contributed by atoms with Crippen LogP contribution in [0.1, 0.15) is 15.9 Å². The van der Waals surface area contributed by atoms with Crippen molar-refractivity contribution in [3.8, 4) is 0 Å². The van der Waals surface area contributed by atoms with E-state index in [4.69, 9.17) is 34.7 Å². The van der Waals surface area contributed by atoms with Crippen molar-refractivity contribution >= 4 is 51.3 Å². The number of benzene rings is 2. The second kappa shape index (κ2) is 4.98. The molecule has 5 N–H and O–H groups in total. The summed E-state index contributed by atoms with van der Waals surface area (Å²) in [6.45, 7) is 0. The molecule has 0 spiro atoms. The number of H-pyrrole nitrogens is 1. The monoisotopic (exact) mass is 319 g/mol. The Morgan fingerprint density at radius 2 is 1.67 bits per heavy atom. The van der Waals surface area contributed by atoms with Gasteiger partial charge in [0.05, 0.1) is 5.02 Å². The van der Waals surface area contributed by atoms with Crippen LogP contribution in [0.5, 0.6) is 0 Å². The first-order valence-electron chi connectivity index (χ1n) is 6.12. The van der Waals surface area contributed by atoms with Crippen LogP contribution in [0.2, 0.25) is 10.0 Å². The van der Waals surface area contributed by atoms with E-state index in [9.17, 15) is 4.79 Å². The van der Waals surface area contributed by atoms with Gasteiger partial charge in [-0.15, -0.1) is 0 Å². The molecule has 3 aromatic rings. The molecule has 1 aromatic heterocycles. The Bertz CT molecular complexity index is 850. The SMILES string of the molecule is Nc1cc(N)cc(C(=O)c2c[nH]c3cc(Cl)cc(Cl)c23)c1. The maximum atomic E-state index is 12.6. The largest absolute Gasteiger partial charge is 0.399 e. The van der Waals surface area contributed by atoms with Crippen LogP contribution in [-0.2, 0) is 0 Å². The maximum absolute atomic E-state index is 12.6. The van der Waals surface area contributed by atoms with Crippen LogP contribution in [0.4, 0.5) is 11.4 Å². The number of ketones is 1. The molecule has 0 radical (unpaired) electrons. The lowest BCUT2D eigenvalue weighted by Gasteiger charge is -2.04. The van der Waals surface area contributed by atoms with E-state index in [0.29, 0.717) is 43.4 Å². The summed E-state index contributed by atoms with van der Waals surface area (Å²) in [6.07, 6.45) is 1.61. The van der Waals surface area contributed by atoms with Crippen molar-refractivity contribution in [3.63, 3.8) is 0 Å².